The fraction of sp³-hybridized carbons (Fsp3) is 0.882. The molecule has 1 saturated carbocycles. The Morgan fingerprint density at radius 2 is 1.81 bits per heavy atom. The van der Waals surface area contributed by atoms with Crippen molar-refractivity contribution in [3.05, 3.63) is 0 Å². The van der Waals surface area contributed by atoms with Crippen LogP contribution in [0.5, 0.6) is 0 Å². The molecule has 0 aromatic heterocycles. The van der Waals surface area contributed by atoms with Gasteiger partial charge in [0.2, 0.25) is 11.8 Å². The van der Waals surface area contributed by atoms with Gasteiger partial charge in [0, 0.05) is 5.54 Å². The lowest BCUT2D eigenvalue weighted by Gasteiger charge is -2.48. The highest BCUT2D eigenvalue weighted by Gasteiger charge is 2.46. The van der Waals surface area contributed by atoms with E-state index < -0.39 is 0 Å². The molecule has 0 spiro atoms. The van der Waals surface area contributed by atoms with Crippen LogP contribution in [-0.2, 0) is 9.59 Å². The Hall–Kier alpha value is -1.06. The quantitative estimate of drug-likeness (QED) is 0.866. The summed E-state index contributed by atoms with van der Waals surface area (Å²) in [6.45, 7) is 8.14. The Kier molecular flexibility index (Phi) is 4.95. The van der Waals surface area contributed by atoms with Gasteiger partial charge >= 0.3 is 0 Å². The van der Waals surface area contributed by atoms with Crippen molar-refractivity contribution in [1.82, 2.24) is 10.2 Å². The van der Waals surface area contributed by atoms with Crippen molar-refractivity contribution in [3.8, 4) is 0 Å². The first-order valence-corrected chi connectivity index (χ1v) is 8.52. The monoisotopic (exact) mass is 294 g/mol. The molecule has 120 valence electrons. The lowest BCUT2D eigenvalue weighted by Crippen LogP contribution is -2.69. The Bertz CT molecular complexity index is 400. The second kappa shape index (κ2) is 6.37. The molecule has 21 heavy (non-hydrogen) atoms. The molecule has 1 heterocycles. The topological polar surface area (TPSA) is 49.4 Å². The van der Waals surface area contributed by atoms with Crippen LogP contribution in [0.1, 0.15) is 72.6 Å². The van der Waals surface area contributed by atoms with Crippen LogP contribution in [0.2, 0.25) is 0 Å². The Morgan fingerprint density at radius 1 is 1.19 bits per heavy atom. The molecule has 2 amide bonds. The zero-order chi connectivity index (χ0) is 15.6. The molecular formula is C17H30N2O2. The maximum Gasteiger partial charge on any atom is 0.246 e. The van der Waals surface area contributed by atoms with Crippen LogP contribution < -0.4 is 5.32 Å². The first-order valence-electron chi connectivity index (χ1n) is 8.52. The number of rotatable bonds is 4. The number of hydrogen-bond donors (Lipinski definition) is 1. The number of nitrogens with one attached hydrogen (secondary N) is 1. The van der Waals surface area contributed by atoms with E-state index in [9.17, 15) is 9.59 Å². The minimum absolute atomic E-state index is 0.00866. The van der Waals surface area contributed by atoms with Gasteiger partial charge in [-0.05, 0) is 46.0 Å². The van der Waals surface area contributed by atoms with Gasteiger partial charge in [0.15, 0.2) is 0 Å². The Balaban J connectivity index is 2.22. The Labute approximate surface area is 128 Å². The van der Waals surface area contributed by atoms with Gasteiger partial charge in [0.25, 0.3) is 0 Å². The van der Waals surface area contributed by atoms with Gasteiger partial charge in [-0.1, -0.05) is 32.6 Å². The van der Waals surface area contributed by atoms with Crippen LogP contribution in [0.4, 0.5) is 0 Å². The maximum atomic E-state index is 13.0. The van der Waals surface area contributed by atoms with Crippen LogP contribution in [0, 0.1) is 5.92 Å². The molecule has 0 aromatic rings. The minimum atomic E-state index is -0.362. The summed E-state index contributed by atoms with van der Waals surface area (Å²) in [5, 5.41) is 3.00. The Morgan fingerprint density at radius 3 is 2.38 bits per heavy atom. The summed E-state index contributed by atoms with van der Waals surface area (Å²) in [7, 11) is 0. The molecule has 0 aromatic carbocycles. The third-order valence-corrected chi connectivity index (χ3v) is 5.20. The van der Waals surface area contributed by atoms with Crippen molar-refractivity contribution < 1.29 is 9.59 Å². The van der Waals surface area contributed by atoms with E-state index in [0.717, 1.165) is 25.7 Å². The van der Waals surface area contributed by atoms with Crippen molar-refractivity contribution >= 4 is 11.8 Å². The minimum Gasteiger partial charge on any atom is -0.342 e. The predicted octanol–water partition coefficient (Wildman–Crippen LogP) is 2.86. The van der Waals surface area contributed by atoms with Crippen LogP contribution in [0.3, 0.4) is 0 Å². The molecular weight excluding hydrogens is 264 g/mol. The number of nitrogens with zero attached hydrogens (tertiary/aromatic N) is 1. The fourth-order valence-electron chi connectivity index (χ4n) is 4.14. The molecule has 2 unspecified atom stereocenters. The van der Waals surface area contributed by atoms with Crippen molar-refractivity contribution in [1.29, 1.82) is 0 Å². The second-order valence-corrected chi connectivity index (χ2v) is 7.33. The molecule has 0 bridgehead atoms. The molecule has 2 rings (SSSR count). The van der Waals surface area contributed by atoms with Crippen molar-refractivity contribution in [2.45, 2.75) is 90.3 Å². The fourth-order valence-corrected chi connectivity index (χ4v) is 4.14. The van der Waals surface area contributed by atoms with Gasteiger partial charge in [-0.2, -0.15) is 0 Å². The highest BCUT2D eigenvalue weighted by atomic mass is 16.2. The summed E-state index contributed by atoms with van der Waals surface area (Å²) in [6.07, 6.45) is 7.68. The van der Waals surface area contributed by atoms with Gasteiger partial charge in [0.05, 0.1) is 0 Å². The molecule has 4 nitrogen and oxygen atoms in total. The van der Waals surface area contributed by atoms with E-state index in [4.69, 9.17) is 0 Å². The van der Waals surface area contributed by atoms with E-state index >= 15 is 0 Å². The lowest BCUT2D eigenvalue weighted by molar-refractivity contribution is -0.157. The number of amides is 2. The van der Waals surface area contributed by atoms with E-state index in [2.05, 4.69) is 26.1 Å². The van der Waals surface area contributed by atoms with Crippen LogP contribution >= 0.6 is 0 Å². The maximum absolute atomic E-state index is 13.0. The average Bonchev–Trinajstić information content (AvgIpc) is 2.43. The van der Waals surface area contributed by atoms with Crippen molar-refractivity contribution in [2.24, 2.45) is 5.92 Å². The summed E-state index contributed by atoms with van der Waals surface area (Å²) in [5.41, 5.74) is -0.254. The third-order valence-electron chi connectivity index (χ3n) is 5.20. The highest BCUT2D eigenvalue weighted by Crippen LogP contribution is 2.33. The highest BCUT2D eigenvalue weighted by molar-refractivity contribution is 5.97. The van der Waals surface area contributed by atoms with Crippen LogP contribution in [0.15, 0.2) is 0 Å². The molecule has 4 heteroatoms. The largest absolute Gasteiger partial charge is 0.342 e. The SMILES string of the molecule is CCCC(C)(C)N1C(=O)C(C2CCCCC2)NC(=O)C1C. The van der Waals surface area contributed by atoms with Gasteiger partial charge in [-0.25, -0.2) is 0 Å². The first-order chi connectivity index (χ1) is 9.88. The van der Waals surface area contributed by atoms with E-state index in [1.54, 1.807) is 0 Å². The number of piperazine rings is 1. The number of hydrogen-bond acceptors (Lipinski definition) is 2. The van der Waals surface area contributed by atoms with E-state index in [1.165, 1.54) is 19.3 Å². The standard InChI is InChI=1S/C17H30N2O2/c1-5-11-17(3,4)19-12(2)15(20)18-14(16(19)21)13-9-7-6-8-10-13/h12-14H,5-11H2,1-4H3,(H,18,20). The number of carbonyl (C=O) groups is 2. The van der Waals surface area contributed by atoms with Crippen LogP contribution in [0.25, 0.3) is 0 Å². The molecule has 2 atom stereocenters. The van der Waals surface area contributed by atoms with Gasteiger partial charge < -0.3 is 10.2 Å². The molecule has 2 aliphatic rings. The summed E-state index contributed by atoms with van der Waals surface area (Å²) in [6, 6.07) is -0.663. The summed E-state index contributed by atoms with van der Waals surface area (Å²) >= 11 is 0. The predicted molar refractivity (Wildman–Crippen MR) is 83.8 cm³/mol. The van der Waals surface area contributed by atoms with E-state index in [-0.39, 0.29) is 29.4 Å². The normalized spacial score (nSPS) is 28.7. The van der Waals surface area contributed by atoms with Gasteiger partial charge in [-0.15, -0.1) is 0 Å². The molecule has 2 fully saturated rings. The third kappa shape index (κ3) is 3.24. The van der Waals surface area contributed by atoms with Crippen molar-refractivity contribution in [3.63, 3.8) is 0 Å². The zero-order valence-electron chi connectivity index (χ0n) is 13.9. The summed E-state index contributed by atoms with van der Waals surface area (Å²) < 4.78 is 0. The van der Waals surface area contributed by atoms with Gasteiger partial charge in [0.1, 0.15) is 12.1 Å². The lowest BCUT2D eigenvalue weighted by atomic mass is 9.81. The van der Waals surface area contributed by atoms with E-state index in [1.807, 2.05) is 11.8 Å². The zero-order valence-corrected chi connectivity index (χ0v) is 13.9. The molecule has 1 N–H and O–H groups in total. The average molecular weight is 294 g/mol. The summed E-state index contributed by atoms with van der Waals surface area (Å²) in [4.78, 5) is 27.2. The molecule has 1 saturated heterocycles. The van der Waals surface area contributed by atoms with Gasteiger partial charge in [-0.3, -0.25) is 9.59 Å². The number of carbonyl (C=O) groups excluding carboxylic acids is 2. The first kappa shape index (κ1) is 16.3. The van der Waals surface area contributed by atoms with E-state index in [0.29, 0.717) is 5.92 Å². The molecule has 0 radical (unpaired) electrons. The molecule has 1 aliphatic carbocycles. The second-order valence-electron chi connectivity index (χ2n) is 7.33. The summed E-state index contributed by atoms with van der Waals surface area (Å²) in [5.74, 6) is 0.462. The smallest absolute Gasteiger partial charge is 0.246 e. The van der Waals surface area contributed by atoms with Crippen LogP contribution in [-0.4, -0.2) is 34.3 Å². The van der Waals surface area contributed by atoms with Crippen molar-refractivity contribution in [2.75, 3.05) is 0 Å². The molecule has 1 aliphatic heterocycles.